The van der Waals surface area contributed by atoms with E-state index in [1.807, 2.05) is 24.3 Å². The van der Waals surface area contributed by atoms with Crippen molar-refractivity contribution in [3.05, 3.63) is 95.8 Å². The Hall–Kier alpha value is -4.23. The lowest BCUT2D eigenvalue weighted by atomic mass is 10.2. The molecule has 3 aromatic rings. The summed E-state index contributed by atoms with van der Waals surface area (Å²) in [7, 11) is 1.39. The Morgan fingerprint density at radius 2 is 1.78 bits per heavy atom. The molecule has 13 heteroatoms. The second kappa shape index (κ2) is 10.6. The van der Waals surface area contributed by atoms with E-state index in [0.717, 1.165) is 22.7 Å². The number of benzene rings is 3. The number of nitrogens with one attached hydrogen (secondary N) is 1. The van der Waals surface area contributed by atoms with E-state index < -0.39 is 21.2 Å². The molecule has 0 spiro atoms. The average Bonchev–Trinajstić information content (AvgIpc) is 3.18. The molecule has 1 aliphatic rings. The third kappa shape index (κ3) is 5.70. The summed E-state index contributed by atoms with van der Waals surface area (Å²) < 4.78 is 11.9. The van der Waals surface area contributed by atoms with Crippen molar-refractivity contribution in [3.63, 3.8) is 0 Å². The van der Waals surface area contributed by atoms with Crippen molar-refractivity contribution in [2.24, 2.45) is 4.99 Å². The zero-order valence-corrected chi connectivity index (χ0v) is 20.7. The second-order valence-corrected chi connectivity index (χ2v) is 9.09. The quantitative estimate of drug-likeness (QED) is 0.208. The average molecular weight is 571 g/mol. The maximum absolute atomic E-state index is 12.4. The van der Waals surface area contributed by atoms with E-state index in [4.69, 9.17) is 9.47 Å². The van der Waals surface area contributed by atoms with Crippen LogP contribution in [-0.2, 0) is 4.79 Å². The number of carbonyl (C=O) groups excluding carboxylic acids is 1. The zero-order valence-electron chi connectivity index (χ0n) is 18.3. The molecule has 1 heterocycles. The van der Waals surface area contributed by atoms with Gasteiger partial charge in [0.1, 0.15) is 0 Å². The number of hydrogen-bond acceptors (Lipinski definition) is 9. The summed E-state index contributed by atoms with van der Waals surface area (Å²) in [5.41, 5.74) is 0.294. The van der Waals surface area contributed by atoms with Gasteiger partial charge in [0.05, 0.1) is 33.6 Å². The van der Waals surface area contributed by atoms with Crippen LogP contribution in [0, 0.1) is 20.2 Å². The molecule has 4 rings (SSSR count). The van der Waals surface area contributed by atoms with Crippen LogP contribution >= 0.6 is 27.7 Å². The lowest BCUT2D eigenvalue weighted by molar-refractivity contribution is -0.394. The van der Waals surface area contributed by atoms with Gasteiger partial charge >= 0.3 is 5.69 Å². The summed E-state index contributed by atoms with van der Waals surface area (Å²) in [6.07, 6.45) is 1.64. The molecule has 11 nitrogen and oxygen atoms in total. The maximum atomic E-state index is 12.4. The first-order chi connectivity index (χ1) is 17.2. The molecule has 1 fully saturated rings. The number of ether oxygens (including phenoxy) is 2. The topological polar surface area (TPSA) is 146 Å². The van der Waals surface area contributed by atoms with Crippen LogP contribution in [0.15, 0.2) is 75.0 Å². The van der Waals surface area contributed by atoms with E-state index in [1.165, 1.54) is 24.9 Å². The third-order valence-electron chi connectivity index (χ3n) is 4.75. The molecule has 0 aromatic heterocycles. The Kier molecular flexibility index (Phi) is 7.31. The first-order valence-corrected chi connectivity index (χ1v) is 11.7. The molecule has 3 aromatic carbocycles. The van der Waals surface area contributed by atoms with Crippen molar-refractivity contribution in [2.45, 2.75) is 0 Å². The van der Waals surface area contributed by atoms with Crippen LogP contribution in [0.3, 0.4) is 0 Å². The van der Waals surface area contributed by atoms with Gasteiger partial charge in [-0.15, -0.1) is 0 Å². The highest BCUT2D eigenvalue weighted by molar-refractivity contribution is 9.10. The molecule has 0 aliphatic carbocycles. The predicted molar refractivity (Wildman–Crippen MR) is 138 cm³/mol. The van der Waals surface area contributed by atoms with Gasteiger partial charge < -0.3 is 14.8 Å². The number of rotatable bonds is 7. The molecule has 1 saturated heterocycles. The number of amides is 1. The third-order valence-corrected chi connectivity index (χ3v) is 6.15. The number of nitro groups is 2. The summed E-state index contributed by atoms with van der Waals surface area (Å²) in [5.74, 6) is -0.107. The Morgan fingerprint density at radius 3 is 2.47 bits per heavy atom. The van der Waals surface area contributed by atoms with Gasteiger partial charge in [0, 0.05) is 10.5 Å². The van der Waals surface area contributed by atoms with Crippen molar-refractivity contribution in [1.29, 1.82) is 0 Å². The normalized spacial score (nSPS) is 15.1. The van der Waals surface area contributed by atoms with Gasteiger partial charge in [-0.25, -0.2) is 4.99 Å². The monoisotopic (exact) mass is 570 g/mol. The summed E-state index contributed by atoms with van der Waals surface area (Å²) in [6, 6.07) is 15.2. The smallest absolute Gasteiger partial charge is 0.318 e. The van der Waals surface area contributed by atoms with Crippen LogP contribution in [0.25, 0.3) is 6.08 Å². The van der Waals surface area contributed by atoms with Gasteiger partial charge in [-0.3, -0.25) is 25.0 Å². The fraction of sp³-hybridized carbons (Fsp3) is 0.0435. The van der Waals surface area contributed by atoms with Crippen LogP contribution < -0.4 is 14.8 Å². The fourth-order valence-corrected chi connectivity index (χ4v) is 4.35. The van der Waals surface area contributed by atoms with E-state index in [-0.39, 0.29) is 23.2 Å². The van der Waals surface area contributed by atoms with Crippen LogP contribution in [0.4, 0.5) is 17.1 Å². The summed E-state index contributed by atoms with van der Waals surface area (Å²) >= 11 is 4.56. The first kappa shape index (κ1) is 24.9. The molecular weight excluding hydrogens is 556 g/mol. The number of thioether (sulfide) groups is 1. The van der Waals surface area contributed by atoms with Gasteiger partial charge in [-0.1, -0.05) is 28.1 Å². The summed E-state index contributed by atoms with van der Waals surface area (Å²) in [6.45, 7) is 0. The van der Waals surface area contributed by atoms with Gasteiger partial charge in [0.15, 0.2) is 16.7 Å². The van der Waals surface area contributed by atoms with E-state index >= 15 is 0 Å². The maximum Gasteiger partial charge on any atom is 0.318 e. The second-order valence-electron chi connectivity index (χ2n) is 7.14. The lowest BCUT2D eigenvalue weighted by Crippen LogP contribution is -2.19. The van der Waals surface area contributed by atoms with Gasteiger partial charge in [0.2, 0.25) is 5.75 Å². The van der Waals surface area contributed by atoms with Gasteiger partial charge in [0.25, 0.3) is 11.6 Å². The number of hydrogen-bond donors (Lipinski definition) is 1. The molecule has 36 heavy (non-hydrogen) atoms. The number of non-ortho nitro benzene ring substituents is 1. The van der Waals surface area contributed by atoms with E-state index in [1.54, 1.807) is 18.2 Å². The molecule has 0 atom stereocenters. The molecule has 1 amide bonds. The summed E-state index contributed by atoms with van der Waals surface area (Å²) in [4.78, 5) is 38.1. The van der Waals surface area contributed by atoms with Crippen molar-refractivity contribution in [3.8, 4) is 17.2 Å². The number of aliphatic imine (C=N–C) groups is 1. The minimum atomic E-state index is -0.767. The number of amidine groups is 1. The highest BCUT2D eigenvalue weighted by Crippen LogP contribution is 2.39. The number of halogens is 1. The van der Waals surface area contributed by atoms with Gasteiger partial charge in [-0.2, -0.15) is 0 Å². The molecule has 0 saturated carbocycles. The van der Waals surface area contributed by atoms with E-state index in [0.29, 0.717) is 21.3 Å². The predicted octanol–water partition coefficient (Wildman–Crippen LogP) is 5.96. The molecule has 1 N–H and O–H groups in total. The molecule has 0 bridgehead atoms. The summed E-state index contributed by atoms with van der Waals surface area (Å²) in [5, 5.41) is 25.5. The SMILES string of the molecule is COc1cc(/C=C2\SC(=Nc3cccc(Br)c3)NC2=O)ccc1Oc1ccc([N+](=O)[O-])cc1[N+](=O)[O-]. The van der Waals surface area contributed by atoms with Crippen LogP contribution in [0.1, 0.15) is 5.56 Å². The largest absolute Gasteiger partial charge is 0.493 e. The fourth-order valence-electron chi connectivity index (χ4n) is 3.12. The Morgan fingerprint density at radius 1 is 1.00 bits per heavy atom. The molecule has 1 aliphatic heterocycles. The van der Waals surface area contributed by atoms with Crippen LogP contribution in [0.2, 0.25) is 0 Å². The van der Waals surface area contributed by atoms with Crippen LogP contribution in [-0.4, -0.2) is 28.0 Å². The van der Waals surface area contributed by atoms with Crippen molar-refractivity contribution in [1.82, 2.24) is 5.32 Å². The Bertz CT molecular complexity index is 1460. The minimum Gasteiger partial charge on any atom is -0.493 e. The molecule has 0 radical (unpaired) electrons. The van der Waals surface area contributed by atoms with Crippen molar-refractivity contribution in [2.75, 3.05) is 7.11 Å². The number of nitro benzene ring substituents is 2. The number of carbonyl (C=O) groups is 1. The Labute approximate surface area is 216 Å². The first-order valence-electron chi connectivity index (χ1n) is 10.1. The lowest BCUT2D eigenvalue weighted by Gasteiger charge is -2.11. The van der Waals surface area contributed by atoms with Crippen LogP contribution in [0.5, 0.6) is 17.2 Å². The van der Waals surface area contributed by atoms with Gasteiger partial charge in [-0.05, 0) is 59.8 Å². The number of methoxy groups -OCH3 is 1. The van der Waals surface area contributed by atoms with E-state index in [2.05, 4.69) is 26.2 Å². The van der Waals surface area contributed by atoms with Crippen molar-refractivity contribution >= 4 is 61.9 Å². The highest BCUT2D eigenvalue weighted by Gasteiger charge is 2.25. The molecule has 182 valence electrons. The van der Waals surface area contributed by atoms with E-state index in [9.17, 15) is 25.0 Å². The minimum absolute atomic E-state index is 0.150. The zero-order chi connectivity index (χ0) is 25.8. The molecule has 0 unspecified atom stereocenters. The molecular formula is C23H15BrN4O7S. The number of nitrogens with zero attached hydrogens (tertiary/aromatic N) is 3. The Balaban J connectivity index is 1.58. The highest BCUT2D eigenvalue weighted by atomic mass is 79.9. The van der Waals surface area contributed by atoms with Crippen molar-refractivity contribution < 1.29 is 24.1 Å². The standard InChI is InChI=1S/C23H15BrN4O7S/c1-34-20-9-13(10-21-22(29)26-23(36-21)25-15-4-2-3-14(24)11-15)5-7-19(20)35-18-8-6-16(27(30)31)12-17(18)28(32)33/h2-12H,1H3,(H,25,26,29)/b21-10-.